The van der Waals surface area contributed by atoms with Gasteiger partial charge in [-0.1, -0.05) is 12.2 Å². The second-order valence-corrected chi connectivity index (χ2v) is 3.98. The van der Waals surface area contributed by atoms with E-state index in [0.717, 1.165) is 6.42 Å². The average molecular weight is 184 g/mol. The molecule has 2 saturated heterocycles. The van der Waals surface area contributed by atoms with Crippen molar-refractivity contribution < 1.29 is 14.2 Å². The van der Waals surface area contributed by atoms with Crippen LogP contribution in [-0.2, 0) is 14.2 Å². The van der Waals surface area contributed by atoms with Crippen LogP contribution in [0.25, 0.3) is 0 Å². The zero-order chi connectivity index (χ0) is 9.47. The fraction of sp³-hybridized carbons (Fsp3) is 0.800. The minimum Gasteiger partial charge on any atom is -0.342 e. The first kappa shape index (κ1) is 9.19. The molecule has 3 atom stereocenters. The molecule has 0 aromatic rings. The maximum absolute atomic E-state index is 5.67. The van der Waals surface area contributed by atoms with E-state index in [4.69, 9.17) is 14.2 Å². The quantitative estimate of drug-likeness (QED) is 0.582. The molecule has 74 valence electrons. The van der Waals surface area contributed by atoms with Gasteiger partial charge in [-0.2, -0.15) is 0 Å². The smallest absolute Gasteiger partial charge is 0.187 e. The fourth-order valence-electron chi connectivity index (χ4n) is 1.87. The number of hydrogen-bond donors (Lipinski definition) is 0. The van der Waals surface area contributed by atoms with Gasteiger partial charge in [-0.15, -0.1) is 0 Å². The molecule has 0 N–H and O–H groups in total. The summed E-state index contributed by atoms with van der Waals surface area (Å²) >= 11 is 0. The molecule has 2 heterocycles. The molecular formula is C10H16O3. The van der Waals surface area contributed by atoms with Crippen LogP contribution in [0.2, 0.25) is 0 Å². The third kappa shape index (κ3) is 1.77. The predicted octanol–water partition coefficient (Wildman–Crippen LogP) is 1.83. The molecule has 3 heteroatoms. The molecule has 2 aliphatic rings. The third-order valence-electron chi connectivity index (χ3n) is 2.32. The Bertz CT molecular complexity index is 206. The first-order valence-corrected chi connectivity index (χ1v) is 4.74. The topological polar surface area (TPSA) is 27.7 Å². The Kier molecular flexibility index (Phi) is 2.18. The van der Waals surface area contributed by atoms with E-state index in [1.54, 1.807) is 0 Å². The normalized spacial score (nSPS) is 42.8. The maximum atomic E-state index is 5.67. The number of rotatable bonds is 1. The van der Waals surface area contributed by atoms with Crippen molar-refractivity contribution in [3.05, 3.63) is 12.2 Å². The molecule has 0 unspecified atom stereocenters. The molecule has 0 aliphatic carbocycles. The summed E-state index contributed by atoms with van der Waals surface area (Å²) in [6.07, 6.45) is 5.04. The number of fused-ring (bicyclic) bond motifs is 1. The van der Waals surface area contributed by atoms with Crippen LogP contribution in [0.3, 0.4) is 0 Å². The van der Waals surface area contributed by atoms with E-state index in [-0.39, 0.29) is 18.5 Å². The summed E-state index contributed by atoms with van der Waals surface area (Å²) in [6.45, 7) is 5.82. The molecule has 0 aromatic heterocycles. The summed E-state index contributed by atoms with van der Waals surface area (Å²) in [7, 11) is 0. The Hall–Kier alpha value is -0.380. The lowest BCUT2D eigenvalue weighted by atomic mass is 10.2. The van der Waals surface area contributed by atoms with Crippen molar-refractivity contribution in [1.82, 2.24) is 0 Å². The molecule has 0 amide bonds. The number of ether oxygens (including phenoxy) is 3. The van der Waals surface area contributed by atoms with Crippen molar-refractivity contribution in [1.29, 1.82) is 0 Å². The van der Waals surface area contributed by atoms with Gasteiger partial charge in [0.15, 0.2) is 12.1 Å². The van der Waals surface area contributed by atoms with Gasteiger partial charge >= 0.3 is 0 Å². The maximum Gasteiger partial charge on any atom is 0.187 e. The molecule has 0 spiro atoms. The lowest BCUT2D eigenvalue weighted by Gasteiger charge is -2.19. The zero-order valence-electron chi connectivity index (χ0n) is 8.32. The van der Waals surface area contributed by atoms with Crippen molar-refractivity contribution in [2.24, 2.45) is 0 Å². The van der Waals surface area contributed by atoms with E-state index in [2.05, 4.69) is 0 Å². The molecule has 2 aliphatic heterocycles. The van der Waals surface area contributed by atoms with Crippen molar-refractivity contribution in [2.45, 2.75) is 51.5 Å². The Labute approximate surface area is 78.7 Å². The standard InChI is InChI=1S/C10H16O3/c1-4-5-7-6-8-9(11-7)13-10(2,3)12-8/h4-5,7-9H,6H2,1-3H3/b5-4-/t7-,8+,9+/m0/s1. The fourth-order valence-corrected chi connectivity index (χ4v) is 1.87. The number of allylic oxidation sites excluding steroid dienone is 1. The molecule has 0 bridgehead atoms. The minimum atomic E-state index is -0.476. The molecule has 0 radical (unpaired) electrons. The molecule has 2 rings (SSSR count). The van der Waals surface area contributed by atoms with Crippen molar-refractivity contribution in [2.75, 3.05) is 0 Å². The van der Waals surface area contributed by atoms with Crippen molar-refractivity contribution in [3.8, 4) is 0 Å². The first-order chi connectivity index (χ1) is 6.11. The van der Waals surface area contributed by atoms with Crippen LogP contribution in [0.5, 0.6) is 0 Å². The predicted molar refractivity (Wildman–Crippen MR) is 48.1 cm³/mol. The van der Waals surface area contributed by atoms with E-state index in [9.17, 15) is 0 Å². The second-order valence-electron chi connectivity index (χ2n) is 3.98. The van der Waals surface area contributed by atoms with Gasteiger partial charge in [0.05, 0.1) is 6.10 Å². The van der Waals surface area contributed by atoms with Gasteiger partial charge in [-0.05, 0) is 20.8 Å². The summed E-state index contributed by atoms with van der Waals surface area (Å²) in [5.41, 5.74) is 0. The van der Waals surface area contributed by atoms with E-state index < -0.39 is 5.79 Å². The van der Waals surface area contributed by atoms with E-state index in [1.807, 2.05) is 32.9 Å². The average Bonchev–Trinajstić information content (AvgIpc) is 2.41. The van der Waals surface area contributed by atoms with Gasteiger partial charge < -0.3 is 14.2 Å². The van der Waals surface area contributed by atoms with Crippen LogP contribution < -0.4 is 0 Å². The van der Waals surface area contributed by atoms with Gasteiger partial charge in [0.1, 0.15) is 6.10 Å². The van der Waals surface area contributed by atoms with Crippen LogP contribution in [0, 0.1) is 0 Å². The first-order valence-electron chi connectivity index (χ1n) is 4.74. The van der Waals surface area contributed by atoms with E-state index in [1.165, 1.54) is 0 Å². The number of hydrogen-bond acceptors (Lipinski definition) is 3. The Morgan fingerprint density at radius 3 is 2.69 bits per heavy atom. The Morgan fingerprint density at radius 1 is 1.31 bits per heavy atom. The van der Waals surface area contributed by atoms with Crippen LogP contribution in [0.4, 0.5) is 0 Å². The van der Waals surface area contributed by atoms with Gasteiger partial charge in [-0.25, -0.2) is 0 Å². The van der Waals surface area contributed by atoms with Gasteiger partial charge in [0.25, 0.3) is 0 Å². The van der Waals surface area contributed by atoms with E-state index in [0.29, 0.717) is 0 Å². The van der Waals surface area contributed by atoms with Crippen molar-refractivity contribution >= 4 is 0 Å². The minimum absolute atomic E-state index is 0.108. The van der Waals surface area contributed by atoms with E-state index >= 15 is 0 Å². The summed E-state index contributed by atoms with van der Waals surface area (Å²) in [5.74, 6) is -0.476. The van der Waals surface area contributed by atoms with Crippen LogP contribution >= 0.6 is 0 Å². The highest BCUT2D eigenvalue weighted by molar-refractivity contribution is 4.95. The summed E-state index contributed by atoms with van der Waals surface area (Å²) in [5, 5.41) is 0. The van der Waals surface area contributed by atoms with Crippen molar-refractivity contribution in [3.63, 3.8) is 0 Å². The molecule has 3 nitrogen and oxygen atoms in total. The summed E-state index contributed by atoms with van der Waals surface area (Å²) in [4.78, 5) is 0. The third-order valence-corrected chi connectivity index (χ3v) is 2.32. The molecule has 0 saturated carbocycles. The monoisotopic (exact) mass is 184 g/mol. The highest BCUT2D eigenvalue weighted by atomic mass is 16.8. The molecular weight excluding hydrogens is 168 g/mol. The van der Waals surface area contributed by atoms with Gasteiger partial charge in [0.2, 0.25) is 0 Å². The second kappa shape index (κ2) is 3.08. The molecule has 13 heavy (non-hydrogen) atoms. The lowest BCUT2D eigenvalue weighted by molar-refractivity contribution is -0.200. The SMILES string of the molecule is C/C=C\[C@H]1C[C@H]2OC(C)(C)O[C@H]2O1. The highest BCUT2D eigenvalue weighted by Crippen LogP contribution is 2.37. The highest BCUT2D eigenvalue weighted by Gasteiger charge is 2.47. The van der Waals surface area contributed by atoms with Crippen LogP contribution in [0.15, 0.2) is 12.2 Å². The van der Waals surface area contributed by atoms with Crippen LogP contribution in [0.1, 0.15) is 27.2 Å². The Morgan fingerprint density at radius 2 is 2.08 bits per heavy atom. The largest absolute Gasteiger partial charge is 0.342 e. The van der Waals surface area contributed by atoms with Gasteiger partial charge in [-0.3, -0.25) is 0 Å². The lowest BCUT2D eigenvalue weighted by Crippen LogP contribution is -2.24. The zero-order valence-corrected chi connectivity index (χ0v) is 8.32. The summed E-state index contributed by atoms with van der Waals surface area (Å²) in [6, 6.07) is 0. The Balaban J connectivity index is 1.97. The molecule has 0 aromatic carbocycles. The molecule has 2 fully saturated rings. The van der Waals surface area contributed by atoms with Gasteiger partial charge in [0, 0.05) is 6.42 Å². The van der Waals surface area contributed by atoms with Crippen LogP contribution in [-0.4, -0.2) is 24.3 Å². The summed E-state index contributed by atoms with van der Waals surface area (Å²) < 4.78 is 16.9.